The maximum Gasteiger partial charge on any atom is 0.387 e. The first-order chi connectivity index (χ1) is 13.4. The van der Waals surface area contributed by atoms with E-state index in [1.807, 2.05) is 0 Å². The van der Waals surface area contributed by atoms with E-state index < -0.39 is 22.6 Å². The number of morpholine rings is 1. The Morgan fingerprint density at radius 1 is 1.21 bits per heavy atom. The smallest absolute Gasteiger partial charge is 0.387 e. The van der Waals surface area contributed by atoms with Crippen LogP contribution in [0.5, 0.6) is 5.75 Å². The highest BCUT2D eigenvalue weighted by Gasteiger charge is 2.32. The van der Waals surface area contributed by atoms with Crippen molar-refractivity contribution in [3.8, 4) is 5.75 Å². The number of carbonyl (C=O) groups is 1. The van der Waals surface area contributed by atoms with Crippen LogP contribution in [0, 0.1) is 0 Å². The molecule has 0 atom stereocenters. The summed E-state index contributed by atoms with van der Waals surface area (Å²) in [5, 5.41) is 1.48. The molecule has 152 valence electrons. The lowest BCUT2D eigenvalue weighted by molar-refractivity contribution is -0.0510. The summed E-state index contributed by atoms with van der Waals surface area (Å²) in [6.07, 6.45) is 0. The van der Waals surface area contributed by atoms with Gasteiger partial charge in [-0.2, -0.15) is 13.1 Å². The lowest BCUT2D eigenvalue weighted by Crippen LogP contribution is -2.40. The molecule has 0 bridgehead atoms. The van der Waals surface area contributed by atoms with E-state index >= 15 is 0 Å². The fourth-order valence-electron chi connectivity index (χ4n) is 2.62. The van der Waals surface area contributed by atoms with Crippen LogP contribution in [-0.2, 0) is 26.1 Å². The molecule has 11 heteroatoms. The monoisotopic (exact) mass is 433 g/mol. The minimum atomic E-state index is -3.86. The average Bonchev–Trinajstić information content (AvgIpc) is 3.18. The molecule has 0 saturated carbocycles. The second kappa shape index (κ2) is 8.95. The van der Waals surface area contributed by atoms with Gasteiger partial charge in [-0.25, -0.2) is 13.2 Å². The van der Waals surface area contributed by atoms with E-state index in [4.69, 9.17) is 9.47 Å². The van der Waals surface area contributed by atoms with E-state index in [-0.39, 0.29) is 54.0 Å². The molecule has 0 amide bonds. The van der Waals surface area contributed by atoms with E-state index in [0.717, 1.165) is 11.3 Å². The van der Waals surface area contributed by atoms with Gasteiger partial charge in [-0.3, -0.25) is 0 Å². The van der Waals surface area contributed by atoms with E-state index in [1.54, 1.807) is 6.07 Å². The Morgan fingerprint density at radius 3 is 2.64 bits per heavy atom. The first-order valence-electron chi connectivity index (χ1n) is 8.25. The molecule has 1 saturated heterocycles. The molecule has 0 radical (unpaired) electrons. The van der Waals surface area contributed by atoms with Crippen molar-refractivity contribution in [2.45, 2.75) is 18.1 Å². The lowest BCUT2D eigenvalue weighted by atomic mass is 10.2. The quantitative estimate of drug-likeness (QED) is 0.625. The summed E-state index contributed by atoms with van der Waals surface area (Å²) in [6, 6.07) is 7.25. The number of rotatable bonds is 7. The van der Waals surface area contributed by atoms with Crippen molar-refractivity contribution in [2.24, 2.45) is 0 Å². The zero-order valence-corrected chi connectivity index (χ0v) is 16.2. The van der Waals surface area contributed by atoms with Crippen LogP contribution in [0.15, 0.2) is 40.6 Å². The molecular weight excluding hydrogens is 416 g/mol. The summed E-state index contributed by atoms with van der Waals surface area (Å²) in [6.45, 7) is -2.39. The van der Waals surface area contributed by atoms with Gasteiger partial charge in [0.05, 0.1) is 13.2 Å². The van der Waals surface area contributed by atoms with Crippen molar-refractivity contribution < 1.29 is 36.2 Å². The molecule has 2 aromatic rings. The third-order valence-electron chi connectivity index (χ3n) is 3.95. The fraction of sp³-hybridized carbons (Fsp3) is 0.353. The Hall–Kier alpha value is -2.08. The topological polar surface area (TPSA) is 82.1 Å². The van der Waals surface area contributed by atoms with Crippen molar-refractivity contribution in [1.29, 1.82) is 0 Å². The van der Waals surface area contributed by atoms with Crippen molar-refractivity contribution in [3.63, 3.8) is 0 Å². The summed E-state index contributed by atoms with van der Waals surface area (Å²) in [4.78, 5) is 12.2. The standard InChI is InChI=1S/C17H17F2NO6S2/c18-17(19)26-13-4-2-1-3-12(13)11-25-16(21)15-14(5-10-27-15)28(22,23)20-6-8-24-9-7-20/h1-5,10,17H,6-9,11H2. The zero-order valence-electron chi connectivity index (χ0n) is 14.5. The average molecular weight is 433 g/mol. The second-order valence-electron chi connectivity index (χ2n) is 5.69. The second-order valence-corrected chi connectivity index (χ2v) is 8.52. The molecule has 1 aromatic heterocycles. The Morgan fingerprint density at radius 2 is 1.93 bits per heavy atom. The van der Waals surface area contributed by atoms with Gasteiger partial charge in [-0.05, 0) is 17.5 Å². The molecule has 0 unspecified atom stereocenters. The number of halogens is 2. The SMILES string of the molecule is O=C(OCc1ccccc1OC(F)F)c1sccc1S(=O)(=O)N1CCOCC1. The van der Waals surface area contributed by atoms with Crippen molar-refractivity contribution >= 4 is 27.3 Å². The molecule has 0 spiro atoms. The Labute approximate surface area is 164 Å². The van der Waals surface area contributed by atoms with Crippen molar-refractivity contribution in [3.05, 3.63) is 46.2 Å². The van der Waals surface area contributed by atoms with Gasteiger partial charge in [0.15, 0.2) is 0 Å². The summed E-state index contributed by atoms with van der Waals surface area (Å²) in [7, 11) is -3.86. The molecule has 7 nitrogen and oxygen atoms in total. The highest BCUT2D eigenvalue weighted by molar-refractivity contribution is 7.89. The number of alkyl halides is 2. The normalized spacial score (nSPS) is 15.5. The van der Waals surface area contributed by atoms with E-state index in [9.17, 15) is 22.0 Å². The Balaban J connectivity index is 1.74. The number of ether oxygens (including phenoxy) is 3. The molecule has 0 N–H and O–H groups in total. The van der Waals surface area contributed by atoms with Gasteiger partial charge in [-0.1, -0.05) is 18.2 Å². The largest absolute Gasteiger partial charge is 0.456 e. The van der Waals surface area contributed by atoms with Gasteiger partial charge in [0.25, 0.3) is 0 Å². The highest BCUT2D eigenvalue weighted by atomic mass is 32.2. The molecule has 1 fully saturated rings. The fourth-order valence-corrected chi connectivity index (χ4v) is 5.31. The minimum absolute atomic E-state index is 0.0706. The summed E-state index contributed by atoms with van der Waals surface area (Å²) in [5.74, 6) is -0.966. The number of hydrogen-bond donors (Lipinski definition) is 0. The van der Waals surface area contributed by atoms with Crippen LogP contribution in [0.4, 0.5) is 8.78 Å². The highest BCUT2D eigenvalue weighted by Crippen LogP contribution is 2.28. The number of sulfonamides is 1. The van der Waals surface area contributed by atoms with Crippen LogP contribution in [-0.4, -0.2) is 51.6 Å². The third-order valence-corrected chi connectivity index (χ3v) is 6.91. The van der Waals surface area contributed by atoms with Gasteiger partial charge >= 0.3 is 12.6 Å². The number of esters is 1. The Kier molecular flexibility index (Phi) is 6.60. The summed E-state index contributed by atoms with van der Waals surface area (Å²) >= 11 is 0.936. The molecule has 2 heterocycles. The van der Waals surface area contributed by atoms with Crippen LogP contribution >= 0.6 is 11.3 Å². The number of thiophene rings is 1. The van der Waals surface area contributed by atoms with Gasteiger partial charge in [-0.15, -0.1) is 11.3 Å². The molecule has 0 aliphatic carbocycles. The maximum atomic E-state index is 12.8. The predicted molar refractivity (Wildman–Crippen MR) is 96.1 cm³/mol. The van der Waals surface area contributed by atoms with E-state index in [2.05, 4.69) is 4.74 Å². The minimum Gasteiger partial charge on any atom is -0.456 e. The molecular formula is C17H17F2NO6S2. The van der Waals surface area contributed by atoms with Crippen molar-refractivity contribution in [1.82, 2.24) is 4.31 Å². The number of nitrogens with zero attached hydrogens (tertiary/aromatic N) is 1. The first kappa shape index (κ1) is 20.6. The number of carbonyl (C=O) groups excluding carboxylic acids is 1. The van der Waals surface area contributed by atoms with Crippen molar-refractivity contribution in [2.75, 3.05) is 26.3 Å². The molecule has 1 aliphatic rings. The van der Waals surface area contributed by atoms with Gasteiger partial charge in [0, 0.05) is 18.7 Å². The first-order valence-corrected chi connectivity index (χ1v) is 10.6. The van der Waals surface area contributed by atoms with Gasteiger partial charge in [0.2, 0.25) is 10.0 Å². The van der Waals surface area contributed by atoms with Crippen LogP contribution < -0.4 is 4.74 Å². The van der Waals surface area contributed by atoms with E-state index in [1.165, 1.54) is 34.0 Å². The number of benzene rings is 1. The lowest BCUT2D eigenvalue weighted by Gasteiger charge is -2.25. The molecule has 28 heavy (non-hydrogen) atoms. The molecule has 1 aliphatic heterocycles. The van der Waals surface area contributed by atoms with Crippen LogP contribution in [0.2, 0.25) is 0 Å². The number of para-hydroxylation sites is 1. The summed E-state index contributed by atoms with van der Waals surface area (Å²) < 4.78 is 66.5. The third kappa shape index (κ3) is 4.66. The molecule has 1 aromatic carbocycles. The van der Waals surface area contributed by atoms with Gasteiger partial charge < -0.3 is 14.2 Å². The molecule has 3 rings (SSSR count). The zero-order chi connectivity index (χ0) is 20.1. The maximum absolute atomic E-state index is 12.8. The van der Waals surface area contributed by atoms with Crippen LogP contribution in [0.25, 0.3) is 0 Å². The number of hydrogen-bond acceptors (Lipinski definition) is 7. The van der Waals surface area contributed by atoms with Gasteiger partial charge in [0.1, 0.15) is 22.1 Å². The summed E-state index contributed by atoms with van der Waals surface area (Å²) in [5.41, 5.74) is 0.241. The van der Waals surface area contributed by atoms with E-state index in [0.29, 0.717) is 0 Å². The van der Waals surface area contributed by atoms with Crippen LogP contribution in [0.3, 0.4) is 0 Å². The van der Waals surface area contributed by atoms with Crippen LogP contribution in [0.1, 0.15) is 15.2 Å². The predicted octanol–water partition coefficient (Wildman–Crippen LogP) is 2.73. The Bertz CT molecular complexity index is 925.